The molecule has 1 N–H and O–H groups in total. The van der Waals surface area contributed by atoms with Crippen LogP contribution in [0.5, 0.6) is 0 Å². The molecule has 1 aliphatic carbocycles. The van der Waals surface area contributed by atoms with Crippen LogP contribution < -0.4 is 5.32 Å². The summed E-state index contributed by atoms with van der Waals surface area (Å²) in [5.74, 6) is 0. The Labute approximate surface area is 111 Å². The minimum absolute atomic E-state index is 0.831. The Kier molecular flexibility index (Phi) is 5.69. The van der Waals surface area contributed by atoms with Crippen molar-refractivity contribution in [2.24, 2.45) is 0 Å². The fourth-order valence-electron chi connectivity index (χ4n) is 2.79. The van der Waals surface area contributed by atoms with Gasteiger partial charge in [0.25, 0.3) is 0 Å². The van der Waals surface area contributed by atoms with Crippen molar-refractivity contribution < 1.29 is 0 Å². The van der Waals surface area contributed by atoms with Crippen molar-refractivity contribution >= 4 is 0 Å². The molecule has 1 aromatic rings. The molecule has 2 rings (SSSR count). The monoisotopic (exact) mass is 246 g/mol. The Hall–Kier alpha value is -0.860. The van der Waals surface area contributed by atoms with Gasteiger partial charge in [0.15, 0.2) is 0 Å². The van der Waals surface area contributed by atoms with E-state index in [4.69, 9.17) is 0 Å². The van der Waals surface area contributed by atoms with E-state index in [0.29, 0.717) is 0 Å². The van der Waals surface area contributed by atoms with E-state index in [9.17, 15) is 0 Å². The van der Waals surface area contributed by atoms with E-state index in [1.807, 2.05) is 0 Å². The van der Waals surface area contributed by atoms with Crippen LogP contribution in [-0.2, 0) is 6.54 Å². The summed E-state index contributed by atoms with van der Waals surface area (Å²) in [6, 6.07) is 11.5. The van der Waals surface area contributed by atoms with Crippen molar-refractivity contribution in [3.63, 3.8) is 0 Å². The highest BCUT2D eigenvalue weighted by molar-refractivity contribution is 5.14. The van der Waals surface area contributed by atoms with Crippen LogP contribution >= 0.6 is 0 Å². The third kappa shape index (κ3) is 4.43. The molecule has 18 heavy (non-hydrogen) atoms. The van der Waals surface area contributed by atoms with Crippen molar-refractivity contribution in [3.05, 3.63) is 35.9 Å². The molecule has 0 bridgehead atoms. The van der Waals surface area contributed by atoms with E-state index >= 15 is 0 Å². The van der Waals surface area contributed by atoms with Crippen molar-refractivity contribution in [1.82, 2.24) is 10.2 Å². The smallest absolute Gasteiger partial charge is 0.0206 e. The van der Waals surface area contributed by atoms with E-state index < -0.39 is 0 Å². The van der Waals surface area contributed by atoms with Gasteiger partial charge in [0.1, 0.15) is 0 Å². The first-order valence-corrected chi connectivity index (χ1v) is 7.31. The summed E-state index contributed by atoms with van der Waals surface area (Å²) in [6.45, 7) is 3.23. The average Bonchev–Trinajstić information content (AvgIpc) is 2.45. The van der Waals surface area contributed by atoms with E-state index in [1.54, 1.807) is 0 Å². The molecule has 0 atom stereocenters. The molecule has 0 heterocycles. The van der Waals surface area contributed by atoms with E-state index in [1.165, 1.54) is 37.7 Å². The molecule has 0 radical (unpaired) electrons. The Morgan fingerprint density at radius 2 is 1.83 bits per heavy atom. The van der Waals surface area contributed by atoms with Crippen molar-refractivity contribution in [1.29, 1.82) is 0 Å². The van der Waals surface area contributed by atoms with Crippen molar-refractivity contribution in [2.45, 2.75) is 44.7 Å². The van der Waals surface area contributed by atoms with Crippen LogP contribution in [0.25, 0.3) is 0 Å². The minimum atomic E-state index is 0.831. The zero-order chi connectivity index (χ0) is 12.6. The fraction of sp³-hybridized carbons (Fsp3) is 0.625. The number of nitrogens with zero attached hydrogens (tertiary/aromatic N) is 1. The molecule has 1 fully saturated rings. The Balaban J connectivity index is 1.60. The van der Waals surface area contributed by atoms with Gasteiger partial charge in [-0.2, -0.15) is 0 Å². The van der Waals surface area contributed by atoms with Gasteiger partial charge in [-0.05, 0) is 25.5 Å². The van der Waals surface area contributed by atoms with Crippen molar-refractivity contribution in [3.8, 4) is 0 Å². The van der Waals surface area contributed by atoms with E-state index in [0.717, 1.165) is 25.7 Å². The first kappa shape index (κ1) is 13.6. The third-order valence-corrected chi connectivity index (χ3v) is 4.01. The highest BCUT2D eigenvalue weighted by Crippen LogP contribution is 2.21. The summed E-state index contributed by atoms with van der Waals surface area (Å²) in [4.78, 5) is 2.54. The van der Waals surface area contributed by atoms with Gasteiger partial charge in [0.2, 0.25) is 0 Å². The normalized spacial score (nSPS) is 17.2. The second-order valence-electron chi connectivity index (χ2n) is 5.43. The molecular weight excluding hydrogens is 220 g/mol. The third-order valence-electron chi connectivity index (χ3n) is 4.01. The first-order chi connectivity index (χ1) is 8.86. The topological polar surface area (TPSA) is 15.3 Å². The van der Waals surface area contributed by atoms with E-state index in [2.05, 4.69) is 47.6 Å². The summed E-state index contributed by atoms with van der Waals surface area (Å²) in [5.41, 5.74) is 1.37. The number of benzene rings is 1. The largest absolute Gasteiger partial charge is 0.311 e. The molecule has 0 unspecified atom stereocenters. The number of hydrogen-bond acceptors (Lipinski definition) is 2. The highest BCUT2D eigenvalue weighted by Gasteiger charge is 2.16. The van der Waals surface area contributed by atoms with Gasteiger partial charge in [-0.1, -0.05) is 49.6 Å². The Morgan fingerprint density at radius 3 is 2.56 bits per heavy atom. The van der Waals surface area contributed by atoms with Crippen LogP contribution in [0.15, 0.2) is 30.3 Å². The predicted molar refractivity (Wildman–Crippen MR) is 77.7 cm³/mol. The van der Waals surface area contributed by atoms with Crippen LogP contribution in [0, 0.1) is 0 Å². The molecule has 2 nitrogen and oxygen atoms in total. The van der Waals surface area contributed by atoms with Crippen LogP contribution in [0.4, 0.5) is 0 Å². The van der Waals surface area contributed by atoms with Gasteiger partial charge in [0.05, 0.1) is 0 Å². The zero-order valence-corrected chi connectivity index (χ0v) is 11.6. The fourth-order valence-corrected chi connectivity index (χ4v) is 2.79. The number of rotatable bonds is 6. The molecule has 0 saturated heterocycles. The van der Waals surface area contributed by atoms with Crippen LogP contribution in [0.3, 0.4) is 0 Å². The molecule has 1 aromatic carbocycles. The maximum Gasteiger partial charge on any atom is 0.0206 e. The lowest BCUT2D eigenvalue weighted by molar-refractivity contribution is 0.192. The molecule has 1 saturated carbocycles. The minimum Gasteiger partial charge on any atom is -0.311 e. The second kappa shape index (κ2) is 7.55. The molecule has 100 valence electrons. The molecule has 0 amide bonds. The van der Waals surface area contributed by atoms with Crippen LogP contribution in [0.2, 0.25) is 0 Å². The van der Waals surface area contributed by atoms with Gasteiger partial charge in [0, 0.05) is 25.7 Å². The summed E-state index contributed by atoms with van der Waals surface area (Å²) in [7, 11) is 2.28. The van der Waals surface area contributed by atoms with E-state index in [-0.39, 0.29) is 0 Å². The van der Waals surface area contributed by atoms with Gasteiger partial charge in [-0.15, -0.1) is 0 Å². The molecular formula is C16H26N2. The van der Waals surface area contributed by atoms with Crippen LogP contribution in [-0.4, -0.2) is 31.1 Å². The molecule has 0 spiro atoms. The average molecular weight is 246 g/mol. The number of likely N-dealkylation sites (N-methyl/N-ethyl adjacent to an activating group) is 1. The number of hydrogen-bond donors (Lipinski definition) is 1. The molecule has 0 aromatic heterocycles. The van der Waals surface area contributed by atoms with Gasteiger partial charge < -0.3 is 10.2 Å². The van der Waals surface area contributed by atoms with Gasteiger partial charge >= 0.3 is 0 Å². The lowest BCUT2D eigenvalue weighted by Gasteiger charge is -2.31. The Morgan fingerprint density at radius 1 is 1.11 bits per heavy atom. The summed E-state index contributed by atoms with van der Waals surface area (Å²) in [6.07, 6.45) is 7.08. The first-order valence-electron chi connectivity index (χ1n) is 7.31. The standard InChI is InChI=1S/C16H26N2/c1-18(16-10-6-3-7-11-16)13-12-17-14-15-8-4-2-5-9-15/h2,4-5,8-9,16-17H,3,6-7,10-14H2,1H3. The molecule has 2 heteroatoms. The predicted octanol–water partition coefficient (Wildman–Crippen LogP) is 3.04. The number of nitrogens with one attached hydrogen (secondary N) is 1. The lowest BCUT2D eigenvalue weighted by atomic mass is 9.94. The maximum atomic E-state index is 3.53. The lowest BCUT2D eigenvalue weighted by Crippen LogP contribution is -2.38. The van der Waals surface area contributed by atoms with Crippen LogP contribution in [0.1, 0.15) is 37.7 Å². The Bertz CT molecular complexity index is 317. The SMILES string of the molecule is CN(CCNCc1ccccc1)C1CCCCC1. The zero-order valence-electron chi connectivity index (χ0n) is 11.6. The molecule has 1 aliphatic rings. The van der Waals surface area contributed by atoms with Gasteiger partial charge in [-0.3, -0.25) is 0 Å². The second-order valence-corrected chi connectivity index (χ2v) is 5.43. The summed E-state index contributed by atoms with van der Waals surface area (Å²) >= 11 is 0. The quantitative estimate of drug-likeness (QED) is 0.776. The molecule has 0 aliphatic heterocycles. The van der Waals surface area contributed by atoms with Gasteiger partial charge in [-0.25, -0.2) is 0 Å². The summed E-state index contributed by atoms with van der Waals surface area (Å²) in [5, 5.41) is 3.53. The van der Waals surface area contributed by atoms with Crippen molar-refractivity contribution in [2.75, 3.05) is 20.1 Å². The maximum absolute atomic E-state index is 3.53. The highest BCUT2D eigenvalue weighted by atomic mass is 15.1. The summed E-state index contributed by atoms with van der Waals surface area (Å²) < 4.78 is 0.